The highest BCUT2D eigenvalue weighted by atomic mass is 35.5. The van der Waals surface area contributed by atoms with Crippen LogP contribution in [0.2, 0.25) is 5.02 Å². The molecule has 0 fully saturated rings. The van der Waals surface area contributed by atoms with Gasteiger partial charge in [0.1, 0.15) is 5.76 Å². The molecule has 0 aliphatic rings. The van der Waals surface area contributed by atoms with E-state index in [-0.39, 0.29) is 6.04 Å². The Kier molecular flexibility index (Phi) is 4.85. The predicted molar refractivity (Wildman–Crippen MR) is 74.9 cm³/mol. The Morgan fingerprint density at radius 3 is 2.72 bits per heavy atom. The summed E-state index contributed by atoms with van der Waals surface area (Å²) >= 11 is 6.27. The Hall–Kier alpha value is -1.25. The summed E-state index contributed by atoms with van der Waals surface area (Å²) in [6.07, 6.45) is 3.62. The van der Waals surface area contributed by atoms with Gasteiger partial charge < -0.3 is 9.73 Å². The minimum absolute atomic E-state index is 0.199. The molecule has 3 heteroatoms. The molecule has 2 rings (SSSR count). The third-order valence-corrected chi connectivity index (χ3v) is 3.25. The molecule has 1 heterocycles. The van der Waals surface area contributed by atoms with Crippen LogP contribution in [0.15, 0.2) is 47.1 Å². The Morgan fingerprint density at radius 2 is 2.06 bits per heavy atom. The number of nitrogens with one attached hydrogen (secondary N) is 1. The fourth-order valence-electron chi connectivity index (χ4n) is 2.00. The van der Waals surface area contributed by atoms with E-state index in [2.05, 4.69) is 18.3 Å². The van der Waals surface area contributed by atoms with E-state index in [0.717, 1.165) is 35.7 Å². The molecule has 18 heavy (non-hydrogen) atoms. The molecule has 1 N–H and O–H groups in total. The largest absolute Gasteiger partial charge is 0.469 e. The summed E-state index contributed by atoms with van der Waals surface area (Å²) in [4.78, 5) is 0. The molecule has 0 saturated carbocycles. The van der Waals surface area contributed by atoms with Crippen molar-refractivity contribution in [1.82, 2.24) is 5.32 Å². The molecule has 1 unspecified atom stereocenters. The monoisotopic (exact) mass is 263 g/mol. The third kappa shape index (κ3) is 3.37. The van der Waals surface area contributed by atoms with Crippen LogP contribution in [-0.4, -0.2) is 6.54 Å². The second-order valence-electron chi connectivity index (χ2n) is 4.31. The van der Waals surface area contributed by atoms with Gasteiger partial charge in [0, 0.05) is 17.5 Å². The maximum atomic E-state index is 6.27. The molecule has 0 spiro atoms. The lowest BCUT2D eigenvalue weighted by atomic mass is 10.0. The lowest BCUT2D eigenvalue weighted by Crippen LogP contribution is -2.24. The first-order valence-corrected chi connectivity index (χ1v) is 6.69. The van der Waals surface area contributed by atoms with Crippen LogP contribution in [0.5, 0.6) is 0 Å². The maximum Gasteiger partial charge on any atom is 0.105 e. The van der Waals surface area contributed by atoms with Gasteiger partial charge in [-0.05, 0) is 36.7 Å². The normalized spacial score (nSPS) is 12.6. The van der Waals surface area contributed by atoms with Crippen LogP contribution < -0.4 is 5.32 Å². The summed E-state index contributed by atoms with van der Waals surface area (Å²) in [7, 11) is 0. The van der Waals surface area contributed by atoms with Crippen LogP contribution >= 0.6 is 11.6 Å². The standard InChI is InChI=1S/C15H18ClNO/c1-2-9-17-15(11-12-6-5-10-18-12)13-7-3-4-8-14(13)16/h3-8,10,15,17H,2,9,11H2,1H3. The van der Waals surface area contributed by atoms with E-state index in [1.165, 1.54) is 0 Å². The van der Waals surface area contributed by atoms with Crippen molar-refractivity contribution in [2.45, 2.75) is 25.8 Å². The first kappa shape index (κ1) is 13.2. The molecule has 0 radical (unpaired) electrons. The van der Waals surface area contributed by atoms with Crippen LogP contribution in [0.25, 0.3) is 0 Å². The second kappa shape index (κ2) is 6.62. The molecule has 1 aromatic heterocycles. The predicted octanol–water partition coefficient (Wildman–Crippen LogP) is 4.22. The van der Waals surface area contributed by atoms with Gasteiger partial charge in [0.05, 0.1) is 6.26 Å². The van der Waals surface area contributed by atoms with Crippen molar-refractivity contribution in [2.24, 2.45) is 0 Å². The fraction of sp³-hybridized carbons (Fsp3) is 0.333. The number of halogens is 1. The molecule has 96 valence electrons. The minimum Gasteiger partial charge on any atom is -0.469 e. The highest BCUT2D eigenvalue weighted by Crippen LogP contribution is 2.25. The number of furan rings is 1. The quantitative estimate of drug-likeness (QED) is 0.844. The molecule has 0 bridgehead atoms. The van der Waals surface area contributed by atoms with Crippen molar-refractivity contribution < 1.29 is 4.42 Å². The first-order valence-electron chi connectivity index (χ1n) is 6.31. The summed E-state index contributed by atoms with van der Waals surface area (Å²) in [5.41, 5.74) is 1.13. The van der Waals surface area contributed by atoms with Crippen LogP contribution in [0, 0.1) is 0 Å². The minimum atomic E-state index is 0.199. The lowest BCUT2D eigenvalue weighted by Gasteiger charge is -2.19. The van der Waals surface area contributed by atoms with Crippen molar-refractivity contribution in [3.05, 3.63) is 59.0 Å². The van der Waals surface area contributed by atoms with Crippen LogP contribution in [0.1, 0.15) is 30.7 Å². The first-order chi connectivity index (χ1) is 8.81. The Morgan fingerprint density at radius 1 is 1.22 bits per heavy atom. The van der Waals surface area contributed by atoms with Gasteiger partial charge in [0.2, 0.25) is 0 Å². The zero-order valence-electron chi connectivity index (χ0n) is 10.5. The van der Waals surface area contributed by atoms with Gasteiger partial charge in [0.15, 0.2) is 0 Å². The molecular formula is C15H18ClNO. The van der Waals surface area contributed by atoms with Crippen molar-refractivity contribution in [3.8, 4) is 0 Å². The van der Waals surface area contributed by atoms with Gasteiger partial charge in [-0.15, -0.1) is 0 Å². The highest BCUT2D eigenvalue weighted by Gasteiger charge is 2.15. The summed E-state index contributed by atoms with van der Waals surface area (Å²) in [5, 5.41) is 4.32. The van der Waals surface area contributed by atoms with E-state index in [0.29, 0.717) is 0 Å². The lowest BCUT2D eigenvalue weighted by molar-refractivity contribution is 0.449. The number of rotatable bonds is 6. The zero-order valence-corrected chi connectivity index (χ0v) is 11.3. The van der Waals surface area contributed by atoms with Gasteiger partial charge in [-0.3, -0.25) is 0 Å². The average Bonchev–Trinajstić information content (AvgIpc) is 2.88. The third-order valence-electron chi connectivity index (χ3n) is 2.91. The van der Waals surface area contributed by atoms with Crippen LogP contribution in [-0.2, 0) is 6.42 Å². The summed E-state index contributed by atoms with van der Waals surface area (Å²) < 4.78 is 5.42. The summed E-state index contributed by atoms with van der Waals surface area (Å²) in [6, 6.07) is 12.1. The average molecular weight is 264 g/mol. The van der Waals surface area contributed by atoms with Crippen molar-refractivity contribution >= 4 is 11.6 Å². The van der Waals surface area contributed by atoms with Crippen molar-refractivity contribution in [2.75, 3.05) is 6.54 Å². The molecular weight excluding hydrogens is 246 g/mol. The van der Waals surface area contributed by atoms with Crippen LogP contribution in [0.3, 0.4) is 0 Å². The Bertz CT molecular complexity index is 467. The number of benzene rings is 1. The number of hydrogen-bond donors (Lipinski definition) is 1. The molecule has 1 atom stereocenters. The van der Waals surface area contributed by atoms with E-state index < -0.39 is 0 Å². The van der Waals surface area contributed by atoms with Gasteiger partial charge >= 0.3 is 0 Å². The van der Waals surface area contributed by atoms with E-state index in [9.17, 15) is 0 Å². The number of hydrogen-bond acceptors (Lipinski definition) is 2. The van der Waals surface area contributed by atoms with Crippen molar-refractivity contribution in [1.29, 1.82) is 0 Å². The van der Waals surface area contributed by atoms with Gasteiger partial charge in [-0.25, -0.2) is 0 Å². The molecule has 2 aromatic rings. The van der Waals surface area contributed by atoms with Crippen LogP contribution in [0.4, 0.5) is 0 Å². The molecule has 0 amide bonds. The molecule has 0 aliphatic heterocycles. The highest BCUT2D eigenvalue weighted by molar-refractivity contribution is 6.31. The maximum absolute atomic E-state index is 6.27. The van der Waals surface area contributed by atoms with Crippen molar-refractivity contribution in [3.63, 3.8) is 0 Å². The van der Waals surface area contributed by atoms with Gasteiger partial charge in [-0.2, -0.15) is 0 Å². The molecule has 0 saturated heterocycles. The summed E-state index contributed by atoms with van der Waals surface area (Å²) in [6.45, 7) is 3.13. The van der Waals surface area contributed by atoms with Gasteiger partial charge in [0.25, 0.3) is 0 Å². The van der Waals surface area contributed by atoms with E-state index in [4.69, 9.17) is 16.0 Å². The SMILES string of the molecule is CCCNC(Cc1ccco1)c1ccccc1Cl. The zero-order chi connectivity index (χ0) is 12.8. The molecule has 2 nitrogen and oxygen atoms in total. The summed E-state index contributed by atoms with van der Waals surface area (Å²) in [5.74, 6) is 0.975. The topological polar surface area (TPSA) is 25.2 Å². The Balaban J connectivity index is 2.16. The van der Waals surface area contributed by atoms with E-state index in [1.807, 2.05) is 30.3 Å². The second-order valence-corrected chi connectivity index (χ2v) is 4.72. The van der Waals surface area contributed by atoms with E-state index >= 15 is 0 Å². The smallest absolute Gasteiger partial charge is 0.105 e. The fourth-order valence-corrected chi connectivity index (χ4v) is 2.27. The van der Waals surface area contributed by atoms with E-state index in [1.54, 1.807) is 6.26 Å². The Labute approximate surface area is 113 Å². The molecule has 0 aliphatic carbocycles. The van der Waals surface area contributed by atoms with Gasteiger partial charge in [-0.1, -0.05) is 36.7 Å². The molecule has 1 aromatic carbocycles.